The summed E-state index contributed by atoms with van der Waals surface area (Å²) in [5.74, 6) is 0.615. The fraction of sp³-hybridized carbons (Fsp3) is 0.324. The maximum absolute atomic E-state index is 12.9. The van der Waals surface area contributed by atoms with Crippen LogP contribution in [0.15, 0.2) is 78.0 Å². The standard InChI is InChI=1S/C34H35F3N6O3S/c1-5-23-6-15-28(21(2)3)29(18-23)43-30(44)19-47-33(43)40-32(45)38-17-16-22(4)24-7-9-25(10-8-24)31-39-20-42(41-31)26-11-13-27(14-12-26)46-34(35,36)37/h6-15,18,20-22H,5,16-17,19H2,1-4H3,(H,38,45)/b40-33-. The number of carbonyl (C=O) groups excluding carboxylic acids is 2. The number of rotatable bonds is 10. The van der Waals surface area contributed by atoms with Crippen molar-refractivity contribution in [3.05, 3.63) is 89.7 Å². The third-order valence-corrected chi connectivity index (χ3v) is 8.67. The van der Waals surface area contributed by atoms with Crippen LogP contribution in [0.1, 0.15) is 62.6 Å². The van der Waals surface area contributed by atoms with Crippen LogP contribution in [-0.2, 0) is 11.2 Å². The monoisotopic (exact) mass is 664 g/mol. The number of aryl methyl sites for hydroxylation is 1. The minimum atomic E-state index is -4.76. The molecule has 4 aromatic rings. The Morgan fingerprint density at radius 3 is 2.45 bits per heavy atom. The van der Waals surface area contributed by atoms with Gasteiger partial charge in [0, 0.05) is 12.1 Å². The number of anilines is 1. The van der Waals surface area contributed by atoms with Crippen molar-refractivity contribution in [2.75, 3.05) is 17.2 Å². The Balaban J connectivity index is 1.17. The van der Waals surface area contributed by atoms with Gasteiger partial charge in [0.2, 0.25) is 5.91 Å². The predicted molar refractivity (Wildman–Crippen MR) is 177 cm³/mol. The van der Waals surface area contributed by atoms with Crippen molar-refractivity contribution in [1.29, 1.82) is 0 Å². The van der Waals surface area contributed by atoms with Crippen LogP contribution in [0.2, 0.25) is 0 Å². The highest BCUT2D eigenvalue weighted by molar-refractivity contribution is 8.15. The van der Waals surface area contributed by atoms with Crippen molar-refractivity contribution in [2.24, 2.45) is 4.99 Å². The van der Waals surface area contributed by atoms with Gasteiger partial charge in [-0.1, -0.05) is 75.9 Å². The molecule has 1 saturated heterocycles. The first kappa shape index (κ1) is 33.7. The Kier molecular flexibility index (Phi) is 10.3. The van der Waals surface area contributed by atoms with E-state index in [2.05, 4.69) is 58.9 Å². The highest BCUT2D eigenvalue weighted by atomic mass is 32.2. The summed E-state index contributed by atoms with van der Waals surface area (Å²) in [5.41, 5.74) is 5.30. The lowest BCUT2D eigenvalue weighted by atomic mass is 9.96. The van der Waals surface area contributed by atoms with E-state index in [0.717, 1.165) is 34.4 Å². The number of hydrogen-bond donors (Lipinski definition) is 1. The van der Waals surface area contributed by atoms with E-state index in [1.54, 1.807) is 4.90 Å². The molecule has 3 aromatic carbocycles. The maximum Gasteiger partial charge on any atom is 0.573 e. The number of aromatic nitrogens is 3. The SMILES string of the molecule is CCc1ccc(C(C)C)c(N2C(=O)CS/C2=N\C(=O)NCCC(C)c2ccc(-c3ncn(-c4ccc(OC(F)(F)F)cc4)n3)cc2)c1. The van der Waals surface area contributed by atoms with E-state index < -0.39 is 12.4 Å². The molecule has 1 atom stereocenters. The van der Waals surface area contributed by atoms with Crippen LogP contribution in [0, 0.1) is 0 Å². The minimum absolute atomic E-state index is 0.0932. The second-order valence-electron chi connectivity index (χ2n) is 11.4. The van der Waals surface area contributed by atoms with Crippen LogP contribution in [-0.4, -0.2) is 50.5 Å². The van der Waals surface area contributed by atoms with Crippen LogP contribution in [0.25, 0.3) is 17.1 Å². The molecule has 0 spiro atoms. The number of benzene rings is 3. The molecule has 0 aliphatic carbocycles. The maximum atomic E-state index is 12.9. The second-order valence-corrected chi connectivity index (χ2v) is 12.4. The molecule has 0 bridgehead atoms. The van der Waals surface area contributed by atoms with Crippen molar-refractivity contribution < 1.29 is 27.5 Å². The van der Waals surface area contributed by atoms with Gasteiger partial charge in [-0.15, -0.1) is 18.3 Å². The van der Waals surface area contributed by atoms with E-state index in [1.165, 1.54) is 47.0 Å². The molecule has 0 radical (unpaired) electrons. The average Bonchev–Trinajstić information content (AvgIpc) is 3.67. The lowest BCUT2D eigenvalue weighted by Crippen LogP contribution is -2.32. The highest BCUT2D eigenvalue weighted by Crippen LogP contribution is 2.34. The Hall–Kier alpha value is -4.65. The number of thioether (sulfide) groups is 1. The molecule has 3 amide bonds. The molecule has 13 heteroatoms. The number of nitrogens with zero attached hydrogens (tertiary/aromatic N) is 5. The van der Waals surface area contributed by atoms with Crippen molar-refractivity contribution in [3.8, 4) is 22.8 Å². The van der Waals surface area contributed by atoms with Gasteiger partial charge >= 0.3 is 12.4 Å². The zero-order valence-corrected chi connectivity index (χ0v) is 27.2. The summed E-state index contributed by atoms with van der Waals surface area (Å²) in [6.45, 7) is 8.68. The van der Waals surface area contributed by atoms with Gasteiger partial charge in [0.05, 0.1) is 17.1 Å². The third-order valence-electron chi connectivity index (χ3n) is 7.75. The van der Waals surface area contributed by atoms with Crippen molar-refractivity contribution in [3.63, 3.8) is 0 Å². The summed E-state index contributed by atoms with van der Waals surface area (Å²) in [6, 6.07) is 18.8. The fourth-order valence-electron chi connectivity index (χ4n) is 5.14. The van der Waals surface area contributed by atoms with E-state index in [1.807, 2.05) is 36.4 Å². The summed E-state index contributed by atoms with van der Waals surface area (Å²) in [4.78, 5) is 35.9. The molecule has 47 heavy (non-hydrogen) atoms. The third kappa shape index (κ3) is 8.39. The minimum Gasteiger partial charge on any atom is -0.406 e. The molecular formula is C34H35F3N6O3S. The number of alkyl halides is 3. The molecule has 0 saturated carbocycles. The number of urea groups is 1. The van der Waals surface area contributed by atoms with E-state index in [4.69, 9.17) is 0 Å². The second kappa shape index (κ2) is 14.4. The molecule has 1 N–H and O–H groups in total. The summed E-state index contributed by atoms with van der Waals surface area (Å²) >= 11 is 1.27. The van der Waals surface area contributed by atoms with E-state index in [0.29, 0.717) is 29.6 Å². The number of amidine groups is 1. The molecule has 1 aromatic heterocycles. The quantitative estimate of drug-likeness (QED) is 0.185. The lowest BCUT2D eigenvalue weighted by Gasteiger charge is -2.22. The van der Waals surface area contributed by atoms with E-state index >= 15 is 0 Å². The van der Waals surface area contributed by atoms with Crippen LogP contribution < -0.4 is 15.0 Å². The van der Waals surface area contributed by atoms with Crippen molar-refractivity contribution in [2.45, 2.75) is 58.7 Å². The largest absolute Gasteiger partial charge is 0.573 e. The molecule has 5 rings (SSSR count). The predicted octanol–water partition coefficient (Wildman–Crippen LogP) is 7.86. The van der Waals surface area contributed by atoms with Crippen molar-refractivity contribution in [1.82, 2.24) is 20.1 Å². The van der Waals surface area contributed by atoms with Gasteiger partial charge in [0.15, 0.2) is 11.0 Å². The highest BCUT2D eigenvalue weighted by Gasteiger charge is 2.33. The number of amides is 3. The Morgan fingerprint density at radius 2 is 1.79 bits per heavy atom. The zero-order chi connectivity index (χ0) is 33.7. The number of ether oxygens (including phenoxy) is 1. The summed E-state index contributed by atoms with van der Waals surface area (Å²) in [7, 11) is 0. The van der Waals surface area contributed by atoms with Crippen LogP contribution in [0.4, 0.5) is 23.7 Å². The molecule has 9 nitrogen and oxygen atoms in total. The molecule has 2 heterocycles. The fourth-order valence-corrected chi connectivity index (χ4v) is 6.00. The first-order valence-corrected chi connectivity index (χ1v) is 16.2. The Bertz CT molecular complexity index is 1750. The number of nitrogens with one attached hydrogen (secondary N) is 1. The number of carbonyl (C=O) groups is 2. The summed E-state index contributed by atoms with van der Waals surface area (Å²) in [5, 5.41) is 7.70. The molecule has 1 fully saturated rings. The first-order chi connectivity index (χ1) is 22.4. The van der Waals surface area contributed by atoms with Crippen molar-refractivity contribution >= 4 is 34.6 Å². The Labute approximate surface area is 275 Å². The lowest BCUT2D eigenvalue weighted by molar-refractivity contribution is -0.274. The molecule has 1 unspecified atom stereocenters. The number of aliphatic imine (C=N–C) groups is 1. The first-order valence-electron chi connectivity index (χ1n) is 15.2. The van der Waals surface area contributed by atoms with Gasteiger partial charge in [-0.2, -0.15) is 4.99 Å². The van der Waals surface area contributed by atoms with Gasteiger partial charge < -0.3 is 10.1 Å². The topological polar surface area (TPSA) is 102 Å². The van der Waals surface area contributed by atoms with Gasteiger partial charge in [0.1, 0.15) is 12.1 Å². The normalized spacial score (nSPS) is 15.0. The number of hydrogen-bond acceptors (Lipinski definition) is 6. The molecular weight excluding hydrogens is 629 g/mol. The molecule has 246 valence electrons. The van der Waals surface area contributed by atoms with Gasteiger partial charge in [-0.05, 0) is 71.7 Å². The van der Waals surface area contributed by atoms with E-state index in [-0.39, 0.29) is 29.2 Å². The Morgan fingerprint density at radius 1 is 1.06 bits per heavy atom. The summed E-state index contributed by atoms with van der Waals surface area (Å²) < 4.78 is 42.7. The van der Waals surface area contributed by atoms with E-state index in [9.17, 15) is 22.8 Å². The molecule has 1 aliphatic rings. The van der Waals surface area contributed by atoms with Crippen LogP contribution in [0.3, 0.4) is 0 Å². The molecule has 1 aliphatic heterocycles. The van der Waals surface area contributed by atoms with Gasteiger partial charge in [-0.3, -0.25) is 9.69 Å². The number of halogens is 3. The van der Waals surface area contributed by atoms with Gasteiger partial charge in [0.25, 0.3) is 0 Å². The summed E-state index contributed by atoms with van der Waals surface area (Å²) in [6.07, 6.45) is -1.76. The average molecular weight is 665 g/mol. The van der Waals surface area contributed by atoms with Gasteiger partial charge in [-0.25, -0.2) is 14.5 Å². The van der Waals surface area contributed by atoms with Crippen LogP contribution >= 0.6 is 11.8 Å². The van der Waals surface area contributed by atoms with Crippen LogP contribution in [0.5, 0.6) is 5.75 Å². The zero-order valence-electron chi connectivity index (χ0n) is 26.4. The smallest absolute Gasteiger partial charge is 0.406 e.